The van der Waals surface area contributed by atoms with Crippen LogP contribution < -0.4 is 10.2 Å². The predicted octanol–water partition coefficient (Wildman–Crippen LogP) is 2.66. The van der Waals surface area contributed by atoms with Crippen molar-refractivity contribution in [3.63, 3.8) is 0 Å². The second-order valence-corrected chi connectivity index (χ2v) is 6.26. The summed E-state index contributed by atoms with van der Waals surface area (Å²) < 4.78 is 5.11. The fourth-order valence-corrected chi connectivity index (χ4v) is 3.19. The second kappa shape index (κ2) is 9.17. The molecule has 2 rings (SSSR count). The van der Waals surface area contributed by atoms with Gasteiger partial charge >= 0.3 is 5.97 Å². The Kier molecular flexibility index (Phi) is 6.94. The summed E-state index contributed by atoms with van der Waals surface area (Å²) in [5.41, 5.74) is 0.460. The maximum absolute atomic E-state index is 12.5. The summed E-state index contributed by atoms with van der Waals surface area (Å²) >= 11 is 0. The summed E-state index contributed by atoms with van der Waals surface area (Å²) in [6, 6.07) is 4.24. The SMILES string of the molecule is CCN(CC)c1ccc([N+](=O)[O-])cc1C(=O)OCC(=O)NC1CCCC1. The van der Waals surface area contributed by atoms with E-state index < -0.39 is 17.5 Å². The minimum atomic E-state index is -0.739. The molecule has 1 aromatic rings. The maximum Gasteiger partial charge on any atom is 0.341 e. The molecule has 0 spiro atoms. The van der Waals surface area contributed by atoms with Crippen LogP contribution in [-0.2, 0) is 9.53 Å². The molecule has 142 valence electrons. The van der Waals surface area contributed by atoms with Crippen molar-refractivity contribution in [3.05, 3.63) is 33.9 Å². The standard InChI is InChI=1S/C18H25N3O5/c1-3-20(4-2)16-10-9-14(21(24)25)11-15(16)18(23)26-12-17(22)19-13-7-5-6-8-13/h9-11,13H,3-8,12H2,1-2H3,(H,19,22). The number of nitro benzene ring substituents is 1. The Bertz CT molecular complexity index is 667. The first-order valence-electron chi connectivity index (χ1n) is 8.96. The molecule has 1 N–H and O–H groups in total. The number of rotatable bonds is 8. The van der Waals surface area contributed by atoms with Crippen molar-refractivity contribution < 1.29 is 19.2 Å². The minimum absolute atomic E-state index is 0.0940. The molecule has 1 amide bonds. The van der Waals surface area contributed by atoms with Crippen LogP contribution in [0, 0.1) is 10.1 Å². The lowest BCUT2D eigenvalue weighted by Gasteiger charge is -2.23. The molecule has 1 aliphatic rings. The van der Waals surface area contributed by atoms with E-state index in [4.69, 9.17) is 4.74 Å². The number of amides is 1. The molecule has 1 aromatic carbocycles. The molecule has 8 heteroatoms. The van der Waals surface area contributed by atoms with Gasteiger partial charge in [0.05, 0.1) is 16.2 Å². The molecular formula is C18H25N3O5. The number of carbonyl (C=O) groups is 2. The summed E-state index contributed by atoms with van der Waals surface area (Å²) in [5.74, 6) is -1.09. The number of nitrogens with one attached hydrogen (secondary N) is 1. The van der Waals surface area contributed by atoms with Gasteiger partial charge in [-0.15, -0.1) is 0 Å². The fourth-order valence-electron chi connectivity index (χ4n) is 3.19. The Morgan fingerprint density at radius 2 is 1.92 bits per heavy atom. The third-order valence-corrected chi connectivity index (χ3v) is 4.57. The number of ether oxygens (including phenoxy) is 1. The molecule has 1 aliphatic carbocycles. The van der Waals surface area contributed by atoms with Gasteiger partial charge in [-0.25, -0.2) is 4.79 Å². The summed E-state index contributed by atoms with van der Waals surface area (Å²) in [6.45, 7) is 4.73. The first-order valence-corrected chi connectivity index (χ1v) is 8.96. The van der Waals surface area contributed by atoms with Crippen LogP contribution >= 0.6 is 0 Å². The van der Waals surface area contributed by atoms with E-state index in [1.807, 2.05) is 18.7 Å². The van der Waals surface area contributed by atoms with E-state index in [2.05, 4.69) is 5.32 Å². The molecule has 0 unspecified atom stereocenters. The van der Waals surface area contributed by atoms with Gasteiger partial charge in [-0.2, -0.15) is 0 Å². The lowest BCUT2D eigenvalue weighted by atomic mass is 10.1. The Morgan fingerprint density at radius 3 is 2.50 bits per heavy atom. The normalized spacial score (nSPS) is 14.1. The Morgan fingerprint density at radius 1 is 1.27 bits per heavy atom. The average Bonchev–Trinajstić information content (AvgIpc) is 3.13. The highest BCUT2D eigenvalue weighted by molar-refractivity contribution is 5.97. The lowest BCUT2D eigenvalue weighted by Crippen LogP contribution is -2.36. The van der Waals surface area contributed by atoms with E-state index in [1.54, 1.807) is 6.07 Å². The van der Waals surface area contributed by atoms with Gasteiger partial charge in [0.25, 0.3) is 11.6 Å². The lowest BCUT2D eigenvalue weighted by molar-refractivity contribution is -0.384. The number of esters is 1. The molecule has 0 aliphatic heterocycles. The quantitative estimate of drug-likeness (QED) is 0.433. The molecule has 0 aromatic heterocycles. The number of carbonyl (C=O) groups excluding carboxylic acids is 2. The number of anilines is 1. The van der Waals surface area contributed by atoms with Crippen LogP contribution in [0.3, 0.4) is 0 Å². The van der Waals surface area contributed by atoms with Gasteiger partial charge < -0.3 is 15.0 Å². The van der Waals surface area contributed by atoms with Gasteiger partial charge in [0.2, 0.25) is 0 Å². The number of benzene rings is 1. The number of nitro groups is 1. The molecule has 0 radical (unpaired) electrons. The molecular weight excluding hydrogens is 338 g/mol. The largest absolute Gasteiger partial charge is 0.452 e. The minimum Gasteiger partial charge on any atom is -0.452 e. The van der Waals surface area contributed by atoms with E-state index in [9.17, 15) is 19.7 Å². The summed E-state index contributed by atoms with van der Waals surface area (Å²) in [5, 5.41) is 13.9. The van der Waals surface area contributed by atoms with Crippen molar-refractivity contribution in [2.24, 2.45) is 0 Å². The van der Waals surface area contributed by atoms with Crippen LogP contribution in [0.25, 0.3) is 0 Å². The zero-order valence-electron chi connectivity index (χ0n) is 15.2. The van der Waals surface area contributed by atoms with Gasteiger partial charge in [0, 0.05) is 31.3 Å². The average molecular weight is 363 g/mol. The highest BCUT2D eigenvalue weighted by Gasteiger charge is 2.22. The van der Waals surface area contributed by atoms with Gasteiger partial charge in [0.1, 0.15) is 0 Å². The van der Waals surface area contributed by atoms with Crippen molar-refractivity contribution in [1.29, 1.82) is 0 Å². The van der Waals surface area contributed by atoms with E-state index >= 15 is 0 Å². The van der Waals surface area contributed by atoms with Crippen molar-refractivity contribution in [3.8, 4) is 0 Å². The van der Waals surface area contributed by atoms with Gasteiger partial charge in [-0.1, -0.05) is 12.8 Å². The monoisotopic (exact) mass is 363 g/mol. The fraction of sp³-hybridized carbons (Fsp3) is 0.556. The van der Waals surface area contributed by atoms with Crippen molar-refractivity contribution in [1.82, 2.24) is 5.32 Å². The van der Waals surface area contributed by atoms with E-state index in [1.165, 1.54) is 12.1 Å². The Hall–Kier alpha value is -2.64. The maximum atomic E-state index is 12.5. The van der Waals surface area contributed by atoms with E-state index in [-0.39, 0.29) is 23.2 Å². The number of hydrogen-bond acceptors (Lipinski definition) is 6. The molecule has 26 heavy (non-hydrogen) atoms. The van der Waals surface area contributed by atoms with Crippen molar-refractivity contribution in [2.45, 2.75) is 45.6 Å². The molecule has 1 fully saturated rings. The summed E-state index contributed by atoms with van der Waals surface area (Å²) in [4.78, 5) is 36.8. The number of nitrogens with zero attached hydrogens (tertiary/aromatic N) is 2. The molecule has 8 nitrogen and oxygen atoms in total. The van der Waals surface area contributed by atoms with E-state index in [0.29, 0.717) is 18.8 Å². The second-order valence-electron chi connectivity index (χ2n) is 6.26. The van der Waals surface area contributed by atoms with Gasteiger partial charge in [-0.05, 0) is 32.8 Å². The summed E-state index contributed by atoms with van der Waals surface area (Å²) in [7, 11) is 0. The Balaban J connectivity index is 2.10. The van der Waals surface area contributed by atoms with Crippen LogP contribution in [-0.4, -0.2) is 42.5 Å². The van der Waals surface area contributed by atoms with Crippen molar-refractivity contribution >= 4 is 23.3 Å². The topological polar surface area (TPSA) is 102 Å². The number of hydrogen-bond donors (Lipinski definition) is 1. The highest BCUT2D eigenvalue weighted by Crippen LogP contribution is 2.26. The molecule has 0 bridgehead atoms. The van der Waals surface area contributed by atoms with Crippen LogP contribution in [0.15, 0.2) is 18.2 Å². The first-order chi connectivity index (χ1) is 12.5. The van der Waals surface area contributed by atoms with Crippen LogP contribution in [0.2, 0.25) is 0 Å². The molecule has 1 saturated carbocycles. The first kappa shape index (κ1) is 19.7. The highest BCUT2D eigenvalue weighted by atomic mass is 16.6. The Labute approximate surface area is 152 Å². The van der Waals surface area contributed by atoms with E-state index in [0.717, 1.165) is 25.7 Å². The zero-order chi connectivity index (χ0) is 19.1. The van der Waals surface area contributed by atoms with Crippen LogP contribution in [0.4, 0.5) is 11.4 Å². The van der Waals surface area contributed by atoms with Gasteiger partial charge in [-0.3, -0.25) is 14.9 Å². The molecule has 0 saturated heterocycles. The molecule has 0 atom stereocenters. The number of non-ortho nitro benzene ring substituents is 1. The van der Waals surface area contributed by atoms with Crippen LogP contribution in [0.1, 0.15) is 49.9 Å². The summed E-state index contributed by atoms with van der Waals surface area (Å²) in [6.07, 6.45) is 4.06. The third-order valence-electron chi connectivity index (χ3n) is 4.57. The third kappa shape index (κ3) is 4.93. The predicted molar refractivity (Wildman–Crippen MR) is 97.3 cm³/mol. The van der Waals surface area contributed by atoms with Crippen molar-refractivity contribution in [2.75, 3.05) is 24.6 Å². The van der Waals surface area contributed by atoms with Crippen LogP contribution in [0.5, 0.6) is 0 Å². The molecule has 0 heterocycles. The van der Waals surface area contributed by atoms with Gasteiger partial charge in [0.15, 0.2) is 6.61 Å². The zero-order valence-corrected chi connectivity index (χ0v) is 15.2. The smallest absolute Gasteiger partial charge is 0.341 e.